The van der Waals surface area contributed by atoms with Gasteiger partial charge in [0, 0.05) is 11.4 Å². The molecule has 104 valence electrons. The molecule has 0 spiro atoms. The van der Waals surface area contributed by atoms with Crippen molar-refractivity contribution < 1.29 is 5.11 Å². The number of rotatable bonds is 3. The molecule has 1 aromatic heterocycles. The van der Waals surface area contributed by atoms with Crippen LogP contribution in [0.15, 0.2) is 36.4 Å². The molecule has 0 amide bonds. The van der Waals surface area contributed by atoms with E-state index in [1.54, 1.807) is 0 Å². The van der Waals surface area contributed by atoms with E-state index in [0.29, 0.717) is 5.92 Å². The molecule has 2 nitrogen and oxygen atoms in total. The van der Waals surface area contributed by atoms with Crippen LogP contribution in [-0.2, 0) is 0 Å². The van der Waals surface area contributed by atoms with E-state index >= 15 is 0 Å². The lowest BCUT2D eigenvalue weighted by molar-refractivity contribution is 0.216. The van der Waals surface area contributed by atoms with Gasteiger partial charge in [-0.15, -0.1) is 0 Å². The molecule has 1 atom stereocenters. The Kier molecular flexibility index (Phi) is 3.58. The molecule has 0 bridgehead atoms. The van der Waals surface area contributed by atoms with Crippen molar-refractivity contribution in [1.82, 2.24) is 4.98 Å². The van der Waals surface area contributed by atoms with E-state index in [4.69, 9.17) is 0 Å². The lowest BCUT2D eigenvalue weighted by atomic mass is 9.77. The Morgan fingerprint density at radius 2 is 1.75 bits per heavy atom. The third kappa shape index (κ3) is 2.48. The van der Waals surface area contributed by atoms with Crippen molar-refractivity contribution in [3.05, 3.63) is 64.5 Å². The summed E-state index contributed by atoms with van der Waals surface area (Å²) in [5, 5.41) is 10.8. The largest absolute Gasteiger partial charge is 0.384 e. The highest BCUT2D eigenvalue weighted by Crippen LogP contribution is 2.40. The van der Waals surface area contributed by atoms with Crippen LogP contribution in [0.1, 0.15) is 59.4 Å². The molecule has 1 aliphatic rings. The van der Waals surface area contributed by atoms with Gasteiger partial charge in [0.1, 0.15) is 6.10 Å². The molecule has 0 aliphatic heterocycles. The van der Waals surface area contributed by atoms with E-state index in [2.05, 4.69) is 23.2 Å². The second-order valence-corrected chi connectivity index (χ2v) is 5.84. The molecule has 1 unspecified atom stereocenters. The Hall–Kier alpha value is -1.67. The number of aliphatic hydroxyl groups excluding tert-OH is 1. The summed E-state index contributed by atoms with van der Waals surface area (Å²) in [4.78, 5) is 4.38. The van der Waals surface area contributed by atoms with Gasteiger partial charge in [-0.2, -0.15) is 0 Å². The third-order valence-corrected chi connectivity index (χ3v) is 4.26. The third-order valence-electron chi connectivity index (χ3n) is 4.26. The predicted molar refractivity (Wildman–Crippen MR) is 80.8 cm³/mol. The SMILES string of the molecule is Cc1cc(C(O)c2ccccc2C2CCC2)cc(C)n1. The molecule has 20 heavy (non-hydrogen) atoms. The van der Waals surface area contributed by atoms with E-state index in [1.165, 1.54) is 24.8 Å². The molecule has 2 heteroatoms. The van der Waals surface area contributed by atoms with Crippen LogP contribution in [0.5, 0.6) is 0 Å². The maximum Gasteiger partial charge on any atom is 0.104 e. The molecule has 2 aromatic rings. The lowest BCUT2D eigenvalue weighted by Gasteiger charge is -2.29. The fourth-order valence-electron chi connectivity index (χ4n) is 3.06. The van der Waals surface area contributed by atoms with Crippen molar-refractivity contribution in [2.75, 3.05) is 0 Å². The minimum absolute atomic E-state index is 0.549. The van der Waals surface area contributed by atoms with Gasteiger partial charge >= 0.3 is 0 Å². The smallest absolute Gasteiger partial charge is 0.104 e. The zero-order valence-electron chi connectivity index (χ0n) is 12.1. The molecule has 1 heterocycles. The van der Waals surface area contributed by atoms with Gasteiger partial charge in [0.25, 0.3) is 0 Å². The minimum Gasteiger partial charge on any atom is -0.384 e. The Balaban J connectivity index is 1.99. The predicted octanol–water partition coefficient (Wildman–Crippen LogP) is 4.05. The topological polar surface area (TPSA) is 33.1 Å². The maximum atomic E-state index is 10.8. The number of pyridine rings is 1. The molecule has 1 saturated carbocycles. The van der Waals surface area contributed by atoms with Crippen LogP contribution in [0.4, 0.5) is 0 Å². The van der Waals surface area contributed by atoms with Crippen molar-refractivity contribution in [3.63, 3.8) is 0 Å². The number of hydrogen-bond acceptors (Lipinski definition) is 2. The summed E-state index contributed by atoms with van der Waals surface area (Å²) in [6, 6.07) is 12.3. The number of aryl methyl sites for hydroxylation is 2. The first-order valence-electron chi connectivity index (χ1n) is 7.37. The van der Waals surface area contributed by atoms with Crippen LogP contribution in [-0.4, -0.2) is 10.1 Å². The molecule has 1 aliphatic carbocycles. The molecular formula is C18H21NO. The maximum absolute atomic E-state index is 10.8. The second-order valence-electron chi connectivity index (χ2n) is 5.84. The van der Waals surface area contributed by atoms with Crippen molar-refractivity contribution in [1.29, 1.82) is 0 Å². The first-order chi connectivity index (χ1) is 9.65. The van der Waals surface area contributed by atoms with Crippen LogP contribution in [0.25, 0.3) is 0 Å². The van der Waals surface area contributed by atoms with E-state index in [1.807, 2.05) is 32.0 Å². The number of aliphatic hydroxyl groups is 1. The second kappa shape index (κ2) is 5.37. The molecule has 0 saturated heterocycles. The highest BCUT2D eigenvalue weighted by molar-refractivity contribution is 5.39. The lowest BCUT2D eigenvalue weighted by Crippen LogP contribution is -2.13. The standard InChI is InChI=1S/C18H21NO/c1-12-10-15(11-13(2)19-12)18(20)17-9-4-3-8-16(17)14-6-5-7-14/h3-4,8-11,14,18,20H,5-7H2,1-2H3. The Bertz CT molecular complexity index is 596. The van der Waals surface area contributed by atoms with Crippen LogP contribution < -0.4 is 0 Å². The summed E-state index contributed by atoms with van der Waals surface area (Å²) in [5.41, 5.74) is 5.24. The number of benzene rings is 1. The zero-order chi connectivity index (χ0) is 14.1. The molecule has 0 radical (unpaired) electrons. The summed E-state index contributed by atoms with van der Waals surface area (Å²) < 4.78 is 0. The normalized spacial score (nSPS) is 16.8. The van der Waals surface area contributed by atoms with Crippen LogP contribution >= 0.6 is 0 Å². The van der Waals surface area contributed by atoms with Crippen LogP contribution in [0.2, 0.25) is 0 Å². The molecular weight excluding hydrogens is 246 g/mol. The van der Waals surface area contributed by atoms with Crippen LogP contribution in [0, 0.1) is 13.8 Å². The average molecular weight is 267 g/mol. The first kappa shape index (κ1) is 13.3. The van der Waals surface area contributed by atoms with Gasteiger partial charge in [0.05, 0.1) is 0 Å². The molecule has 1 aromatic carbocycles. The fraction of sp³-hybridized carbons (Fsp3) is 0.389. The summed E-state index contributed by atoms with van der Waals surface area (Å²) in [5.74, 6) is 0.630. The highest BCUT2D eigenvalue weighted by atomic mass is 16.3. The van der Waals surface area contributed by atoms with Gasteiger partial charge in [0.15, 0.2) is 0 Å². The number of nitrogens with zero attached hydrogens (tertiary/aromatic N) is 1. The molecule has 3 rings (SSSR count). The zero-order valence-corrected chi connectivity index (χ0v) is 12.1. The van der Waals surface area contributed by atoms with Gasteiger partial charge in [-0.05, 0) is 61.4 Å². The van der Waals surface area contributed by atoms with Gasteiger partial charge in [0.2, 0.25) is 0 Å². The van der Waals surface area contributed by atoms with Crippen molar-refractivity contribution in [2.24, 2.45) is 0 Å². The van der Waals surface area contributed by atoms with Crippen molar-refractivity contribution in [3.8, 4) is 0 Å². The van der Waals surface area contributed by atoms with Gasteiger partial charge in [-0.25, -0.2) is 0 Å². The van der Waals surface area contributed by atoms with Crippen molar-refractivity contribution >= 4 is 0 Å². The summed E-state index contributed by atoms with van der Waals surface area (Å²) in [7, 11) is 0. The van der Waals surface area contributed by atoms with Gasteiger partial charge < -0.3 is 5.11 Å². The minimum atomic E-state index is -0.549. The Labute approximate surface area is 120 Å². The number of aromatic nitrogens is 1. The van der Waals surface area contributed by atoms with Gasteiger partial charge in [-0.1, -0.05) is 30.7 Å². The van der Waals surface area contributed by atoms with Crippen molar-refractivity contribution in [2.45, 2.75) is 45.1 Å². The number of hydrogen-bond donors (Lipinski definition) is 1. The monoisotopic (exact) mass is 267 g/mol. The summed E-state index contributed by atoms with van der Waals surface area (Å²) in [6.07, 6.45) is 3.26. The average Bonchev–Trinajstić information content (AvgIpc) is 2.35. The molecule has 1 N–H and O–H groups in total. The van der Waals surface area contributed by atoms with E-state index in [-0.39, 0.29) is 0 Å². The summed E-state index contributed by atoms with van der Waals surface area (Å²) in [6.45, 7) is 3.95. The van der Waals surface area contributed by atoms with E-state index in [0.717, 1.165) is 22.5 Å². The first-order valence-corrected chi connectivity index (χ1v) is 7.37. The quantitative estimate of drug-likeness (QED) is 0.910. The van der Waals surface area contributed by atoms with Crippen LogP contribution in [0.3, 0.4) is 0 Å². The molecule has 1 fully saturated rings. The van der Waals surface area contributed by atoms with E-state index in [9.17, 15) is 5.11 Å². The Morgan fingerprint density at radius 1 is 1.10 bits per heavy atom. The van der Waals surface area contributed by atoms with E-state index < -0.39 is 6.10 Å². The summed E-state index contributed by atoms with van der Waals surface area (Å²) >= 11 is 0. The highest BCUT2D eigenvalue weighted by Gasteiger charge is 2.24. The fourth-order valence-corrected chi connectivity index (χ4v) is 3.06. The Morgan fingerprint density at radius 3 is 2.35 bits per heavy atom. The van der Waals surface area contributed by atoms with Gasteiger partial charge in [-0.3, -0.25) is 4.98 Å².